The van der Waals surface area contributed by atoms with Gasteiger partial charge in [0.2, 0.25) is 0 Å². The summed E-state index contributed by atoms with van der Waals surface area (Å²) in [7, 11) is 0. The van der Waals surface area contributed by atoms with Crippen molar-refractivity contribution < 1.29 is 12.2 Å². The van der Waals surface area contributed by atoms with Gasteiger partial charge < -0.3 is 9.47 Å². The molecule has 2 nitrogen and oxygen atoms in total. The van der Waals surface area contributed by atoms with Gasteiger partial charge in [-0.15, -0.1) is 0 Å². The molecule has 0 fully saturated rings. The van der Waals surface area contributed by atoms with Crippen molar-refractivity contribution in [3.05, 3.63) is 120 Å². The van der Waals surface area contributed by atoms with Crippen molar-refractivity contribution >= 4 is 78.5 Å². The Balaban J connectivity index is 1.31. The van der Waals surface area contributed by atoms with E-state index in [0.717, 1.165) is 99.8 Å². The van der Waals surface area contributed by atoms with E-state index in [1.165, 1.54) is 21.7 Å². The number of para-hydroxylation sites is 2. The molecule has 4 aliphatic rings. The summed E-state index contributed by atoms with van der Waals surface area (Å²) in [5.41, 5.74) is 13.7. The standard InChI is InChI=1S/C42H24B2O2/c1-21-15-27-25-13-11-23-20-32-40-26(28-16-22(2)18-36-42(28)44(32)30-8-4-6-10-34(30)46-36)14-12-24-19-31(39(25)37(23)38(24)40)43-29-7-3-5-9-33(29)45-35(17-21)41(27)43/h3-20H,1-2H3/i11D,12D. The highest BCUT2D eigenvalue weighted by molar-refractivity contribution is 7.01. The van der Waals surface area contributed by atoms with Crippen LogP contribution in [0.4, 0.5) is 0 Å². The van der Waals surface area contributed by atoms with Gasteiger partial charge in [0.1, 0.15) is 23.0 Å². The van der Waals surface area contributed by atoms with Gasteiger partial charge in [0.25, 0.3) is 13.4 Å². The maximum Gasteiger partial charge on any atom is 0.252 e. The predicted octanol–water partition coefficient (Wildman–Crippen LogP) is 6.41. The van der Waals surface area contributed by atoms with Crippen LogP contribution in [-0.2, 0) is 0 Å². The molecule has 210 valence electrons. The molecule has 0 unspecified atom stereocenters. The summed E-state index contributed by atoms with van der Waals surface area (Å²) >= 11 is 0. The van der Waals surface area contributed by atoms with Gasteiger partial charge in [0.05, 0.1) is 2.74 Å². The monoisotopic (exact) mass is 584 g/mol. The fourth-order valence-electron chi connectivity index (χ4n) is 9.37. The fourth-order valence-corrected chi connectivity index (χ4v) is 9.37. The highest BCUT2D eigenvalue weighted by atomic mass is 16.5. The average Bonchev–Trinajstić information content (AvgIpc) is 3.08. The Hall–Kier alpha value is -5.47. The van der Waals surface area contributed by atoms with Crippen molar-refractivity contribution in [3.8, 4) is 45.3 Å². The van der Waals surface area contributed by atoms with Crippen molar-refractivity contribution in [2.45, 2.75) is 13.8 Å². The minimum atomic E-state index is -0.0315. The molecule has 0 saturated carbocycles. The Morgan fingerprint density at radius 2 is 0.913 bits per heavy atom. The Labute approximate surface area is 269 Å². The van der Waals surface area contributed by atoms with E-state index in [4.69, 9.17) is 9.47 Å². The molecule has 4 heteroatoms. The van der Waals surface area contributed by atoms with Crippen LogP contribution in [0.2, 0.25) is 0 Å². The first-order valence-corrected chi connectivity index (χ1v) is 16.1. The van der Waals surface area contributed by atoms with E-state index in [1.807, 2.05) is 12.1 Å². The molecule has 8 aromatic rings. The molecule has 4 aliphatic heterocycles. The van der Waals surface area contributed by atoms with Gasteiger partial charge >= 0.3 is 0 Å². The summed E-state index contributed by atoms with van der Waals surface area (Å²) in [6.45, 7) is 4.19. The molecule has 0 N–H and O–H groups in total. The molecule has 0 aromatic heterocycles. The van der Waals surface area contributed by atoms with Gasteiger partial charge in [-0.25, -0.2) is 0 Å². The summed E-state index contributed by atoms with van der Waals surface area (Å²) in [5.74, 6) is 3.53. The molecule has 0 spiro atoms. The van der Waals surface area contributed by atoms with E-state index in [1.54, 1.807) is 0 Å². The summed E-state index contributed by atoms with van der Waals surface area (Å²) in [6, 6.07) is 35.4. The lowest BCUT2D eigenvalue weighted by molar-refractivity contribution is 0.487. The van der Waals surface area contributed by atoms with Crippen molar-refractivity contribution in [2.24, 2.45) is 0 Å². The predicted molar refractivity (Wildman–Crippen MR) is 193 cm³/mol. The summed E-state index contributed by atoms with van der Waals surface area (Å²) in [4.78, 5) is 0. The lowest BCUT2D eigenvalue weighted by Gasteiger charge is -2.36. The topological polar surface area (TPSA) is 18.5 Å². The first kappa shape index (κ1) is 22.1. The molecular formula is C42H24B2O2. The normalized spacial score (nSPS) is 14.7. The lowest BCUT2D eigenvalue weighted by Crippen LogP contribution is -2.58. The van der Waals surface area contributed by atoms with Crippen molar-refractivity contribution in [2.75, 3.05) is 0 Å². The number of ether oxygens (including phenoxy) is 2. The van der Waals surface area contributed by atoms with E-state index in [9.17, 15) is 2.74 Å². The molecule has 0 atom stereocenters. The first-order chi connectivity index (χ1) is 23.4. The third-order valence-corrected chi connectivity index (χ3v) is 11.0. The van der Waals surface area contributed by atoms with Crippen LogP contribution in [-0.4, -0.2) is 13.4 Å². The molecule has 0 amide bonds. The molecule has 12 rings (SSSR count). The third-order valence-electron chi connectivity index (χ3n) is 11.0. The zero-order valence-corrected chi connectivity index (χ0v) is 25.2. The van der Waals surface area contributed by atoms with Gasteiger partial charge in [-0.3, -0.25) is 0 Å². The second-order valence-corrected chi connectivity index (χ2v) is 13.5. The van der Waals surface area contributed by atoms with E-state index in [0.29, 0.717) is 12.1 Å². The van der Waals surface area contributed by atoms with Crippen molar-refractivity contribution in [1.82, 2.24) is 0 Å². The fraction of sp³-hybridized carbons (Fsp3) is 0.0476. The lowest BCUT2D eigenvalue weighted by atomic mass is 9.32. The van der Waals surface area contributed by atoms with Crippen LogP contribution in [0.1, 0.15) is 13.9 Å². The van der Waals surface area contributed by atoms with Gasteiger partial charge in [-0.2, -0.15) is 0 Å². The largest absolute Gasteiger partial charge is 0.458 e. The van der Waals surface area contributed by atoms with E-state index in [2.05, 4.69) is 98.8 Å². The summed E-state index contributed by atoms with van der Waals surface area (Å²) < 4.78 is 32.4. The Bertz CT molecular complexity index is 2660. The number of hydrogen-bond acceptors (Lipinski definition) is 2. The molecule has 0 aliphatic carbocycles. The molecule has 0 bridgehead atoms. The molecule has 0 saturated heterocycles. The van der Waals surface area contributed by atoms with Gasteiger partial charge in [0.15, 0.2) is 0 Å². The van der Waals surface area contributed by atoms with Crippen LogP contribution < -0.4 is 42.3 Å². The zero-order chi connectivity index (χ0) is 31.7. The summed E-state index contributed by atoms with van der Waals surface area (Å²) in [6.07, 6.45) is 0. The number of benzene rings is 8. The SMILES string of the molecule is [2H]c1cc2c3c(cc4c([2H])cc5c6c(cc1c3c46)B1c3ccccc3Oc3cc(C)cc-5c31)B1c3ccccc3Oc3cc(C)cc-2c31. The summed E-state index contributed by atoms with van der Waals surface area (Å²) in [5, 5.41) is 6.49. The minimum absolute atomic E-state index is 0.0315. The quantitative estimate of drug-likeness (QED) is 0.152. The van der Waals surface area contributed by atoms with Crippen LogP contribution in [0.15, 0.2) is 109 Å². The molecule has 0 radical (unpaired) electrons. The maximum atomic E-state index is 9.61. The Kier molecular flexibility index (Phi) is 3.77. The Morgan fingerprint density at radius 1 is 0.457 bits per heavy atom. The number of hydrogen-bond donors (Lipinski definition) is 0. The van der Waals surface area contributed by atoms with E-state index < -0.39 is 0 Å². The second kappa shape index (κ2) is 7.84. The third kappa shape index (κ3) is 2.67. The van der Waals surface area contributed by atoms with Gasteiger partial charge in [0, 0.05) is 0 Å². The van der Waals surface area contributed by atoms with Crippen LogP contribution >= 0.6 is 0 Å². The molecular weight excluding hydrogens is 558 g/mol. The van der Waals surface area contributed by atoms with Crippen molar-refractivity contribution in [3.63, 3.8) is 0 Å². The highest BCUT2D eigenvalue weighted by Crippen LogP contribution is 2.46. The van der Waals surface area contributed by atoms with E-state index in [-0.39, 0.29) is 13.4 Å². The molecule has 46 heavy (non-hydrogen) atoms. The maximum absolute atomic E-state index is 9.61. The number of rotatable bonds is 0. The second-order valence-electron chi connectivity index (χ2n) is 13.5. The number of fused-ring (bicyclic) bond motifs is 8. The Morgan fingerprint density at radius 3 is 1.39 bits per heavy atom. The van der Waals surface area contributed by atoms with Crippen LogP contribution in [0, 0.1) is 13.8 Å². The number of aryl methyl sites for hydroxylation is 2. The first-order valence-electron chi connectivity index (χ1n) is 17.1. The van der Waals surface area contributed by atoms with Crippen LogP contribution in [0.25, 0.3) is 54.6 Å². The molecule has 8 aromatic carbocycles. The van der Waals surface area contributed by atoms with Crippen LogP contribution in [0.3, 0.4) is 0 Å². The van der Waals surface area contributed by atoms with Gasteiger partial charge in [-0.05, 0) is 126 Å². The van der Waals surface area contributed by atoms with E-state index >= 15 is 0 Å². The minimum Gasteiger partial charge on any atom is -0.458 e. The average molecular weight is 584 g/mol. The molecule has 4 heterocycles. The van der Waals surface area contributed by atoms with Crippen LogP contribution in [0.5, 0.6) is 23.0 Å². The van der Waals surface area contributed by atoms with Crippen molar-refractivity contribution in [1.29, 1.82) is 0 Å². The zero-order valence-electron chi connectivity index (χ0n) is 27.2. The highest BCUT2D eigenvalue weighted by Gasteiger charge is 2.43. The van der Waals surface area contributed by atoms with Gasteiger partial charge in [-0.1, -0.05) is 95.8 Å². The smallest absolute Gasteiger partial charge is 0.252 e.